The van der Waals surface area contributed by atoms with Crippen molar-refractivity contribution in [3.8, 4) is 11.4 Å². The molecule has 1 amide bonds. The van der Waals surface area contributed by atoms with E-state index >= 15 is 0 Å². The normalized spacial score (nSPS) is 12.0. The summed E-state index contributed by atoms with van der Waals surface area (Å²) < 4.78 is 0. The smallest absolute Gasteiger partial charge is 0.241 e. The van der Waals surface area contributed by atoms with Gasteiger partial charge in [0, 0.05) is 23.1 Å². The third-order valence-corrected chi connectivity index (χ3v) is 3.14. The average Bonchev–Trinajstić information content (AvgIpc) is 2.48. The van der Waals surface area contributed by atoms with Crippen LogP contribution in [0.3, 0.4) is 0 Å². The molecule has 0 aliphatic heterocycles. The Morgan fingerprint density at radius 3 is 2.62 bits per heavy atom. The van der Waals surface area contributed by atoms with Crippen molar-refractivity contribution in [2.24, 2.45) is 5.73 Å². The first-order chi connectivity index (χ1) is 10.1. The van der Waals surface area contributed by atoms with Gasteiger partial charge in [-0.25, -0.2) is 9.97 Å². The molecule has 1 unspecified atom stereocenters. The van der Waals surface area contributed by atoms with Crippen molar-refractivity contribution < 1.29 is 4.79 Å². The summed E-state index contributed by atoms with van der Waals surface area (Å²) in [6.45, 7) is 3.93. The molecule has 1 aromatic heterocycles. The fourth-order valence-electron chi connectivity index (χ4n) is 1.97. The van der Waals surface area contributed by atoms with Gasteiger partial charge >= 0.3 is 0 Å². The predicted molar refractivity (Wildman–Crippen MR) is 83.7 cm³/mol. The Morgan fingerprint density at radius 1 is 1.29 bits per heavy atom. The van der Waals surface area contributed by atoms with Crippen molar-refractivity contribution in [3.05, 3.63) is 42.2 Å². The minimum atomic E-state index is -0.463. The first-order valence-corrected chi connectivity index (χ1v) is 7.06. The van der Waals surface area contributed by atoms with E-state index < -0.39 is 6.04 Å². The topological polar surface area (TPSA) is 80.9 Å². The second kappa shape index (κ2) is 6.95. The molecule has 1 atom stereocenters. The Bertz CT molecular complexity index is 610. The molecule has 0 bridgehead atoms. The third kappa shape index (κ3) is 4.10. The van der Waals surface area contributed by atoms with Gasteiger partial charge in [-0.3, -0.25) is 4.79 Å². The van der Waals surface area contributed by atoms with E-state index in [9.17, 15) is 4.79 Å². The Balaban J connectivity index is 2.07. The van der Waals surface area contributed by atoms with Crippen LogP contribution in [0.2, 0.25) is 0 Å². The summed E-state index contributed by atoms with van der Waals surface area (Å²) in [6, 6.07) is 8.82. The average molecular weight is 284 g/mol. The number of rotatable bonds is 5. The van der Waals surface area contributed by atoms with Gasteiger partial charge in [-0.05, 0) is 43.7 Å². The second-order valence-electron chi connectivity index (χ2n) is 4.98. The summed E-state index contributed by atoms with van der Waals surface area (Å²) >= 11 is 0. The number of aryl methyl sites for hydroxylation is 1. The van der Waals surface area contributed by atoms with Crippen LogP contribution < -0.4 is 11.1 Å². The van der Waals surface area contributed by atoms with Crippen LogP contribution >= 0.6 is 0 Å². The van der Waals surface area contributed by atoms with Crippen molar-refractivity contribution in [1.29, 1.82) is 0 Å². The molecule has 2 rings (SSSR count). The molecule has 0 saturated heterocycles. The number of aromatic nitrogens is 2. The van der Waals surface area contributed by atoms with E-state index in [1.54, 1.807) is 6.20 Å². The maximum absolute atomic E-state index is 11.8. The van der Waals surface area contributed by atoms with Gasteiger partial charge in [-0.15, -0.1) is 0 Å². The van der Waals surface area contributed by atoms with Gasteiger partial charge in [0.15, 0.2) is 5.82 Å². The second-order valence-corrected chi connectivity index (χ2v) is 4.98. The van der Waals surface area contributed by atoms with Crippen LogP contribution in [0.25, 0.3) is 11.4 Å². The zero-order valence-corrected chi connectivity index (χ0v) is 12.3. The van der Waals surface area contributed by atoms with Gasteiger partial charge < -0.3 is 11.1 Å². The van der Waals surface area contributed by atoms with E-state index in [1.165, 1.54) is 0 Å². The number of nitrogens with zero attached hydrogens (tertiary/aromatic N) is 2. The van der Waals surface area contributed by atoms with Gasteiger partial charge in [-0.1, -0.05) is 13.3 Å². The van der Waals surface area contributed by atoms with Crippen molar-refractivity contribution in [2.75, 3.05) is 5.32 Å². The summed E-state index contributed by atoms with van der Waals surface area (Å²) in [5.74, 6) is 0.520. The van der Waals surface area contributed by atoms with Gasteiger partial charge in [0.1, 0.15) is 0 Å². The maximum atomic E-state index is 11.8. The molecule has 1 heterocycles. The van der Waals surface area contributed by atoms with Crippen LogP contribution in [-0.4, -0.2) is 21.9 Å². The monoisotopic (exact) mass is 284 g/mol. The summed E-state index contributed by atoms with van der Waals surface area (Å²) in [4.78, 5) is 20.4. The molecule has 110 valence electrons. The van der Waals surface area contributed by atoms with Gasteiger partial charge in [0.2, 0.25) is 5.91 Å². The summed E-state index contributed by atoms with van der Waals surface area (Å²) in [6.07, 6.45) is 3.30. The third-order valence-electron chi connectivity index (χ3n) is 3.14. The zero-order valence-electron chi connectivity index (χ0n) is 12.3. The molecule has 0 saturated carbocycles. The summed E-state index contributed by atoms with van der Waals surface area (Å²) in [5, 5.41) is 2.81. The number of hydrogen-bond acceptors (Lipinski definition) is 4. The zero-order chi connectivity index (χ0) is 15.2. The van der Waals surface area contributed by atoms with Crippen LogP contribution in [0.1, 0.15) is 25.5 Å². The molecular weight excluding hydrogens is 264 g/mol. The number of amides is 1. The van der Waals surface area contributed by atoms with E-state index in [0.717, 1.165) is 23.4 Å². The lowest BCUT2D eigenvalue weighted by Crippen LogP contribution is -2.35. The first kappa shape index (κ1) is 15.1. The van der Waals surface area contributed by atoms with Crippen LogP contribution in [0.5, 0.6) is 0 Å². The number of nitrogens with two attached hydrogens (primary N) is 1. The highest BCUT2D eigenvalue weighted by Gasteiger charge is 2.12. The van der Waals surface area contributed by atoms with Crippen molar-refractivity contribution in [3.63, 3.8) is 0 Å². The number of benzene rings is 1. The van der Waals surface area contributed by atoms with Crippen LogP contribution in [0.15, 0.2) is 36.5 Å². The molecule has 0 aliphatic carbocycles. The van der Waals surface area contributed by atoms with E-state index in [-0.39, 0.29) is 5.91 Å². The Morgan fingerprint density at radius 2 is 2.00 bits per heavy atom. The highest BCUT2D eigenvalue weighted by molar-refractivity contribution is 5.94. The lowest BCUT2D eigenvalue weighted by atomic mass is 10.1. The summed E-state index contributed by atoms with van der Waals surface area (Å²) in [5.41, 5.74) is 8.34. The SMILES string of the molecule is CCCC(N)C(=O)Nc1ccc(-c2nccc(C)n2)cc1. The molecule has 0 spiro atoms. The maximum Gasteiger partial charge on any atom is 0.241 e. The molecule has 1 aromatic carbocycles. The minimum absolute atomic E-state index is 0.156. The van der Waals surface area contributed by atoms with Crippen molar-refractivity contribution in [1.82, 2.24) is 9.97 Å². The van der Waals surface area contributed by atoms with Gasteiger partial charge in [0.25, 0.3) is 0 Å². The van der Waals surface area contributed by atoms with E-state index in [4.69, 9.17) is 5.73 Å². The predicted octanol–water partition coefficient (Wildman–Crippen LogP) is 2.52. The Hall–Kier alpha value is -2.27. The highest BCUT2D eigenvalue weighted by atomic mass is 16.2. The van der Waals surface area contributed by atoms with E-state index in [1.807, 2.05) is 44.2 Å². The highest BCUT2D eigenvalue weighted by Crippen LogP contribution is 2.18. The minimum Gasteiger partial charge on any atom is -0.325 e. The molecule has 5 nitrogen and oxygen atoms in total. The number of hydrogen-bond donors (Lipinski definition) is 2. The number of nitrogens with one attached hydrogen (secondary N) is 1. The van der Waals surface area contributed by atoms with Crippen LogP contribution in [0.4, 0.5) is 5.69 Å². The molecular formula is C16H20N4O. The van der Waals surface area contributed by atoms with Crippen LogP contribution in [0, 0.1) is 6.92 Å². The van der Waals surface area contributed by atoms with Gasteiger partial charge in [0.05, 0.1) is 6.04 Å². The van der Waals surface area contributed by atoms with E-state index in [2.05, 4.69) is 15.3 Å². The largest absolute Gasteiger partial charge is 0.325 e. The molecule has 0 fully saturated rings. The molecule has 3 N–H and O–H groups in total. The summed E-state index contributed by atoms with van der Waals surface area (Å²) in [7, 11) is 0. The first-order valence-electron chi connectivity index (χ1n) is 7.06. The molecule has 0 aliphatic rings. The Kier molecular flexibility index (Phi) is 5.00. The lowest BCUT2D eigenvalue weighted by Gasteiger charge is -2.11. The number of anilines is 1. The standard InChI is InChI=1S/C16H20N4O/c1-3-4-14(17)16(21)20-13-7-5-12(6-8-13)15-18-10-9-11(2)19-15/h5-10,14H,3-4,17H2,1-2H3,(H,20,21). The number of carbonyl (C=O) groups excluding carboxylic acids is 1. The Labute approximate surface area is 124 Å². The molecule has 2 aromatic rings. The lowest BCUT2D eigenvalue weighted by molar-refractivity contribution is -0.117. The van der Waals surface area contributed by atoms with Gasteiger partial charge in [-0.2, -0.15) is 0 Å². The van der Waals surface area contributed by atoms with Crippen LogP contribution in [-0.2, 0) is 4.79 Å². The fraction of sp³-hybridized carbons (Fsp3) is 0.312. The van der Waals surface area contributed by atoms with Crippen molar-refractivity contribution in [2.45, 2.75) is 32.7 Å². The fourth-order valence-corrected chi connectivity index (χ4v) is 1.97. The van der Waals surface area contributed by atoms with Crippen molar-refractivity contribution >= 4 is 11.6 Å². The quantitative estimate of drug-likeness (QED) is 0.884. The molecule has 5 heteroatoms. The molecule has 21 heavy (non-hydrogen) atoms. The number of carbonyl (C=O) groups is 1. The van der Waals surface area contributed by atoms with E-state index in [0.29, 0.717) is 12.2 Å². The molecule has 0 radical (unpaired) electrons.